The third-order valence-electron chi connectivity index (χ3n) is 5.77. The van der Waals surface area contributed by atoms with Gasteiger partial charge in [0, 0.05) is 0 Å². The van der Waals surface area contributed by atoms with Crippen LogP contribution in [0.4, 0.5) is 0 Å². The van der Waals surface area contributed by atoms with Crippen molar-refractivity contribution in [3.8, 4) is 0 Å². The van der Waals surface area contributed by atoms with Gasteiger partial charge in [0.2, 0.25) is 0 Å². The van der Waals surface area contributed by atoms with Crippen LogP contribution in [-0.2, 0) is 0 Å². The summed E-state index contributed by atoms with van der Waals surface area (Å²) in [6.45, 7) is 10.5. The minimum atomic E-state index is -0.722. The van der Waals surface area contributed by atoms with Crippen LogP contribution in [0.1, 0.15) is 59.3 Å². The minimum absolute atomic E-state index is 0.168. The first kappa shape index (κ1) is 14.9. The van der Waals surface area contributed by atoms with E-state index in [9.17, 15) is 5.11 Å². The zero-order valence-corrected chi connectivity index (χ0v) is 13.1. The van der Waals surface area contributed by atoms with E-state index in [-0.39, 0.29) is 11.0 Å². The van der Waals surface area contributed by atoms with Gasteiger partial charge in [-0.05, 0) is 75.1 Å². The molecule has 0 aromatic carbocycles. The molecular formula is C16H25NOS. The van der Waals surface area contributed by atoms with E-state index in [1.54, 1.807) is 0 Å². The topological polar surface area (TPSA) is 32.6 Å². The molecule has 2 aliphatic rings. The third kappa shape index (κ3) is 2.44. The molecule has 0 saturated heterocycles. The molecule has 0 heterocycles. The fraction of sp³-hybridized carbons (Fsp3) is 0.812. The van der Waals surface area contributed by atoms with Crippen LogP contribution in [0.3, 0.4) is 0 Å². The lowest BCUT2D eigenvalue weighted by molar-refractivity contribution is -0.0826. The van der Waals surface area contributed by atoms with E-state index in [4.69, 9.17) is 12.2 Å². The average molecular weight is 279 g/mol. The van der Waals surface area contributed by atoms with Crippen molar-refractivity contribution < 1.29 is 5.11 Å². The lowest BCUT2D eigenvalue weighted by atomic mass is 9.51. The van der Waals surface area contributed by atoms with Crippen LogP contribution in [-0.4, -0.2) is 21.4 Å². The second-order valence-corrected chi connectivity index (χ2v) is 7.32. The van der Waals surface area contributed by atoms with Crippen molar-refractivity contribution in [2.75, 3.05) is 0 Å². The van der Waals surface area contributed by atoms with Gasteiger partial charge in [-0.25, -0.2) is 4.99 Å². The predicted molar refractivity (Wildman–Crippen MR) is 82.5 cm³/mol. The summed E-state index contributed by atoms with van der Waals surface area (Å²) < 4.78 is 0. The van der Waals surface area contributed by atoms with Crippen molar-refractivity contribution in [1.29, 1.82) is 0 Å². The molecule has 0 amide bonds. The SMILES string of the molecule is C=C(C)[C@]1(O)CC[C@@]2(C)CCC[C@@](C)(N=C=S)[C@@H]2C1. The highest BCUT2D eigenvalue weighted by molar-refractivity contribution is 7.78. The van der Waals surface area contributed by atoms with Gasteiger partial charge in [-0.3, -0.25) is 0 Å². The van der Waals surface area contributed by atoms with E-state index in [0.717, 1.165) is 31.3 Å². The number of nitrogens with zero attached hydrogens (tertiary/aromatic N) is 1. The van der Waals surface area contributed by atoms with E-state index in [1.165, 1.54) is 12.8 Å². The Labute approximate surface area is 122 Å². The van der Waals surface area contributed by atoms with Crippen LogP contribution in [0.15, 0.2) is 17.1 Å². The van der Waals surface area contributed by atoms with Gasteiger partial charge in [-0.1, -0.05) is 19.9 Å². The molecule has 3 heteroatoms. The Morgan fingerprint density at radius 1 is 1.32 bits per heavy atom. The summed E-state index contributed by atoms with van der Waals surface area (Å²) in [7, 11) is 0. The molecule has 0 aromatic heterocycles. The lowest BCUT2D eigenvalue weighted by Crippen LogP contribution is -2.54. The highest BCUT2D eigenvalue weighted by Crippen LogP contribution is 2.58. The number of rotatable bonds is 2. The molecule has 0 unspecified atom stereocenters. The first-order chi connectivity index (χ1) is 8.76. The quantitative estimate of drug-likeness (QED) is 0.468. The Morgan fingerprint density at radius 3 is 2.58 bits per heavy atom. The number of fused-ring (bicyclic) bond motifs is 1. The van der Waals surface area contributed by atoms with Crippen molar-refractivity contribution in [3.63, 3.8) is 0 Å². The van der Waals surface area contributed by atoms with Gasteiger partial charge >= 0.3 is 0 Å². The molecule has 0 radical (unpaired) electrons. The van der Waals surface area contributed by atoms with Crippen LogP contribution in [0.25, 0.3) is 0 Å². The third-order valence-corrected chi connectivity index (χ3v) is 5.86. The molecule has 4 atom stereocenters. The molecule has 2 saturated carbocycles. The largest absolute Gasteiger partial charge is 0.386 e. The van der Waals surface area contributed by atoms with Gasteiger partial charge in [0.1, 0.15) is 0 Å². The molecule has 0 spiro atoms. The highest BCUT2D eigenvalue weighted by atomic mass is 32.1. The summed E-state index contributed by atoms with van der Waals surface area (Å²) in [5, 5.41) is 13.4. The number of thiocarbonyl (C=S) groups is 1. The summed E-state index contributed by atoms with van der Waals surface area (Å²) >= 11 is 4.85. The Morgan fingerprint density at radius 2 is 2.00 bits per heavy atom. The second kappa shape index (κ2) is 4.80. The van der Waals surface area contributed by atoms with Gasteiger partial charge < -0.3 is 5.11 Å². The predicted octanol–water partition coefficient (Wildman–Crippen LogP) is 4.15. The first-order valence-corrected chi connectivity index (χ1v) is 7.64. The standard InChI is InChI=1S/C16H25NOS/c1-12(2)16(18)9-8-14(3)6-5-7-15(4,17-11-19)13(14)10-16/h13,18H,1,5-10H2,2-4H3/t13-,14-,15-,16+/m1/s1. The summed E-state index contributed by atoms with van der Waals surface area (Å²) in [5.41, 5.74) is 0.261. The van der Waals surface area contributed by atoms with Gasteiger partial charge in [0.25, 0.3) is 0 Å². The molecule has 0 bridgehead atoms. The van der Waals surface area contributed by atoms with Crippen LogP contribution < -0.4 is 0 Å². The van der Waals surface area contributed by atoms with E-state index in [2.05, 4.69) is 30.6 Å². The summed E-state index contributed by atoms with van der Waals surface area (Å²) in [5.74, 6) is 0.361. The summed E-state index contributed by atoms with van der Waals surface area (Å²) in [4.78, 5) is 4.49. The molecule has 1 N–H and O–H groups in total. The Balaban J connectivity index is 2.38. The zero-order valence-electron chi connectivity index (χ0n) is 12.3. The molecule has 0 aliphatic heterocycles. The summed E-state index contributed by atoms with van der Waals surface area (Å²) in [6, 6.07) is 0. The van der Waals surface area contributed by atoms with E-state index >= 15 is 0 Å². The number of hydrogen-bond donors (Lipinski definition) is 1. The van der Waals surface area contributed by atoms with Crippen LogP contribution in [0, 0.1) is 11.3 Å². The molecular weight excluding hydrogens is 254 g/mol. The molecule has 19 heavy (non-hydrogen) atoms. The average Bonchev–Trinajstić information content (AvgIpc) is 2.32. The number of isothiocyanates is 1. The number of aliphatic imine (C=N–C) groups is 1. The van der Waals surface area contributed by atoms with Crippen molar-refractivity contribution in [1.82, 2.24) is 0 Å². The van der Waals surface area contributed by atoms with E-state index < -0.39 is 5.60 Å². The Hall–Kier alpha value is -0.500. The van der Waals surface area contributed by atoms with Crippen molar-refractivity contribution in [3.05, 3.63) is 12.2 Å². The highest BCUT2D eigenvalue weighted by Gasteiger charge is 2.55. The number of hydrogen-bond acceptors (Lipinski definition) is 3. The molecule has 106 valence electrons. The Kier molecular flexibility index (Phi) is 3.77. The van der Waals surface area contributed by atoms with Crippen LogP contribution in [0.2, 0.25) is 0 Å². The van der Waals surface area contributed by atoms with Crippen LogP contribution in [0.5, 0.6) is 0 Å². The smallest absolute Gasteiger partial charge is 0.0855 e. The van der Waals surface area contributed by atoms with E-state index in [0.29, 0.717) is 5.92 Å². The van der Waals surface area contributed by atoms with E-state index in [1.807, 2.05) is 6.92 Å². The number of aliphatic hydroxyl groups is 1. The normalized spacial score (nSPS) is 46.0. The maximum atomic E-state index is 10.8. The van der Waals surface area contributed by atoms with Gasteiger partial charge in [-0.2, -0.15) is 0 Å². The van der Waals surface area contributed by atoms with Crippen molar-refractivity contribution >= 4 is 17.4 Å². The van der Waals surface area contributed by atoms with Crippen molar-refractivity contribution in [2.45, 2.75) is 70.4 Å². The molecule has 2 aliphatic carbocycles. The molecule has 2 nitrogen and oxygen atoms in total. The van der Waals surface area contributed by atoms with Crippen molar-refractivity contribution in [2.24, 2.45) is 16.3 Å². The maximum Gasteiger partial charge on any atom is 0.0855 e. The summed E-state index contributed by atoms with van der Waals surface area (Å²) in [6.07, 6.45) is 6.09. The first-order valence-electron chi connectivity index (χ1n) is 7.23. The fourth-order valence-corrected chi connectivity index (χ4v) is 4.48. The van der Waals surface area contributed by atoms with Gasteiger partial charge in [-0.15, -0.1) is 0 Å². The maximum absolute atomic E-state index is 10.8. The fourth-order valence-electron chi connectivity index (χ4n) is 4.27. The minimum Gasteiger partial charge on any atom is -0.386 e. The zero-order chi connectivity index (χ0) is 14.3. The monoisotopic (exact) mass is 279 g/mol. The lowest BCUT2D eigenvalue weighted by Gasteiger charge is -2.56. The van der Waals surface area contributed by atoms with Crippen LogP contribution >= 0.6 is 12.2 Å². The molecule has 0 aromatic rings. The Bertz CT molecular complexity index is 442. The second-order valence-electron chi connectivity index (χ2n) is 7.14. The van der Waals surface area contributed by atoms with Gasteiger partial charge in [0.15, 0.2) is 0 Å². The van der Waals surface area contributed by atoms with Gasteiger partial charge in [0.05, 0.1) is 16.3 Å². The molecule has 2 fully saturated rings. The molecule has 2 rings (SSSR count).